The number of nitrogens with one attached hydrogen (secondary N) is 2. The molecule has 0 aliphatic rings. The Morgan fingerprint density at radius 3 is 2.30 bits per heavy atom. The molecule has 10 heteroatoms. The summed E-state index contributed by atoms with van der Waals surface area (Å²) in [5, 5.41) is 5.91. The van der Waals surface area contributed by atoms with Crippen molar-refractivity contribution >= 4 is 46.6 Å². The van der Waals surface area contributed by atoms with Gasteiger partial charge in [-0.1, -0.05) is 59.6 Å². The molecule has 0 bridgehead atoms. The highest BCUT2D eigenvalue weighted by Gasteiger charge is 2.12. The molecular weight excluding hydrogens is 519 g/mol. The van der Waals surface area contributed by atoms with Gasteiger partial charge in [0.25, 0.3) is 0 Å². The minimum Gasteiger partial charge on any atom is -0.482 e. The van der Waals surface area contributed by atoms with Gasteiger partial charge < -0.3 is 24.5 Å². The first-order valence-electron chi connectivity index (χ1n) is 11.0. The second kappa shape index (κ2) is 12.1. The second-order valence-corrected chi connectivity index (χ2v) is 8.53. The first-order chi connectivity index (χ1) is 17.9. The molecule has 2 N–H and O–H groups in total. The molecule has 0 saturated carbocycles. The molecular formula is C27H20Cl2N2O6. The maximum absolute atomic E-state index is 12.5. The van der Waals surface area contributed by atoms with Crippen LogP contribution >= 0.6 is 23.2 Å². The van der Waals surface area contributed by atoms with Crippen LogP contribution in [0.2, 0.25) is 10.0 Å². The fourth-order valence-corrected chi connectivity index (χ4v) is 3.46. The SMILES string of the molecule is O=C(Nc1cccc(C(=O)OCc2cc(=O)c(OCc3ccccc3)co2)c1)Nc1ccc(Cl)c(Cl)c1. The van der Waals surface area contributed by atoms with Crippen LogP contribution in [0.4, 0.5) is 16.2 Å². The van der Waals surface area contributed by atoms with Crippen LogP contribution in [0.25, 0.3) is 0 Å². The molecule has 0 saturated heterocycles. The lowest BCUT2D eigenvalue weighted by molar-refractivity contribution is 0.0442. The van der Waals surface area contributed by atoms with Crippen LogP contribution in [0.3, 0.4) is 0 Å². The highest BCUT2D eigenvalue weighted by atomic mass is 35.5. The summed E-state index contributed by atoms with van der Waals surface area (Å²) in [6, 6.07) is 20.9. The minimum absolute atomic E-state index is 0.0526. The molecule has 1 heterocycles. The highest BCUT2D eigenvalue weighted by molar-refractivity contribution is 6.42. The number of anilines is 2. The van der Waals surface area contributed by atoms with Crippen molar-refractivity contribution in [2.75, 3.05) is 10.6 Å². The predicted molar refractivity (Wildman–Crippen MR) is 140 cm³/mol. The number of ether oxygens (including phenoxy) is 2. The molecule has 3 aromatic carbocycles. The summed E-state index contributed by atoms with van der Waals surface area (Å²) in [4.78, 5) is 37.1. The lowest BCUT2D eigenvalue weighted by Gasteiger charge is -2.10. The van der Waals surface area contributed by atoms with E-state index in [0.29, 0.717) is 21.4 Å². The second-order valence-electron chi connectivity index (χ2n) is 7.71. The van der Waals surface area contributed by atoms with Gasteiger partial charge in [-0.15, -0.1) is 0 Å². The van der Waals surface area contributed by atoms with E-state index in [2.05, 4.69) is 10.6 Å². The van der Waals surface area contributed by atoms with Crippen molar-refractivity contribution in [2.45, 2.75) is 13.2 Å². The quantitative estimate of drug-likeness (QED) is 0.247. The number of urea groups is 1. The van der Waals surface area contributed by atoms with Gasteiger partial charge in [-0.05, 0) is 42.0 Å². The number of carbonyl (C=O) groups excluding carboxylic acids is 2. The maximum Gasteiger partial charge on any atom is 0.338 e. The number of rotatable bonds is 8. The molecule has 0 atom stereocenters. The van der Waals surface area contributed by atoms with Crippen molar-refractivity contribution in [3.05, 3.63) is 122 Å². The molecule has 4 rings (SSSR count). The third-order valence-electron chi connectivity index (χ3n) is 4.97. The van der Waals surface area contributed by atoms with Crippen molar-refractivity contribution < 1.29 is 23.5 Å². The van der Waals surface area contributed by atoms with Crippen molar-refractivity contribution in [3.63, 3.8) is 0 Å². The smallest absolute Gasteiger partial charge is 0.338 e. The average molecular weight is 539 g/mol. The number of benzene rings is 3. The van der Waals surface area contributed by atoms with Crippen molar-refractivity contribution in [2.24, 2.45) is 0 Å². The molecule has 4 aromatic rings. The monoisotopic (exact) mass is 538 g/mol. The van der Waals surface area contributed by atoms with E-state index in [1.54, 1.807) is 24.3 Å². The van der Waals surface area contributed by atoms with Gasteiger partial charge in [0, 0.05) is 17.4 Å². The molecule has 0 unspecified atom stereocenters. The number of hydrogen-bond donors (Lipinski definition) is 2. The number of hydrogen-bond acceptors (Lipinski definition) is 6. The van der Waals surface area contributed by atoms with Crippen LogP contribution in [0.15, 0.2) is 94.3 Å². The van der Waals surface area contributed by atoms with Gasteiger partial charge in [-0.2, -0.15) is 0 Å². The topological polar surface area (TPSA) is 107 Å². The summed E-state index contributed by atoms with van der Waals surface area (Å²) >= 11 is 11.8. The molecule has 2 amide bonds. The molecule has 0 aliphatic carbocycles. The average Bonchev–Trinajstić information content (AvgIpc) is 2.89. The zero-order valence-electron chi connectivity index (χ0n) is 19.2. The molecule has 37 heavy (non-hydrogen) atoms. The minimum atomic E-state index is -0.666. The van der Waals surface area contributed by atoms with Gasteiger partial charge in [-0.25, -0.2) is 9.59 Å². The lowest BCUT2D eigenvalue weighted by atomic mass is 10.2. The van der Waals surface area contributed by atoms with Crippen LogP contribution in [0.1, 0.15) is 21.7 Å². The number of halogens is 2. The van der Waals surface area contributed by atoms with Crippen LogP contribution < -0.4 is 20.8 Å². The summed E-state index contributed by atoms with van der Waals surface area (Å²) in [6.07, 6.45) is 1.19. The summed E-state index contributed by atoms with van der Waals surface area (Å²) in [7, 11) is 0. The van der Waals surface area contributed by atoms with Crippen LogP contribution in [-0.2, 0) is 18.0 Å². The van der Waals surface area contributed by atoms with E-state index >= 15 is 0 Å². The molecule has 0 radical (unpaired) electrons. The number of amides is 2. The van der Waals surface area contributed by atoms with Crippen molar-refractivity contribution in [1.82, 2.24) is 0 Å². The number of carbonyl (C=O) groups is 2. The van der Waals surface area contributed by atoms with E-state index in [0.717, 1.165) is 5.56 Å². The van der Waals surface area contributed by atoms with E-state index < -0.39 is 17.4 Å². The Morgan fingerprint density at radius 1 is 0.811 bits per heavy atom. The molecule has 1 aromatic heterocycles. The Hall–Kier alpha value is -4.27. The largest absolute Gasteiger partial charge is 0.482 e. The van der Waals surface area contributed by atoms with Gasteiger partial charge in [0.2, 0.25) is 11.2 Å². The Morgan fingerprint density at radius 2 is 1.57 bits per heavy atom. The van der Waals surface area contributed by atoms with Crippen LogP contribution in [0.5, 0.6) is 5.75 Å². The van der Waals surface area contributed by atoms with Crippen LogP contribution in [0, 0.1) is 0 Å². The molecule has 0 aliphatic heterocycles. The lowest BCUT2D eigenvalue weighted by Crippen LogP contribution is -2.19. The van der Waals surface area contributed by atoms with E-state index in [1.807, 2.05) is 30.3 Å². The molecule has 0 spiro atoms. The van der Waals surface area contributed by atoms with Gasteiger partial charge >= 0.3 is 12.0 Å². The van der Waals surface area contributed by atoms with Gasteiger partial charge in [-0.3, -0.25) is 4.79 Å². The van der Waals surface area contributed by atoms with E-state index in [9.17, 15) is 14.4 Å². The maximum atomic E-state index is 12.5. The Kier molecular flexibility index (Phi) is 8.45. The van der Waals surface area contributed by atoms with Crippen molar-refractivity contribution in [1.29, 1.82) is 0 Å². The number of esters is 1. The normalized spacial score (nSPS) is 10.4. The molecule has 0 fully saturated rings. The van der Waals surface area contributed by atoms with Gasteiger partial charge in [0.1, 0.15) is 25.2 Å². The predicted octanol–water partition coefficient (Wildman–Crippen LogP) is 6.53. The zero-order chi connectivity index (χ0) is 26.2. The summed E-state index contributed by atoms with van der Waals surface area (Å²) in [5.41, 5.74) is 1.51. The first-order valence-corrected chi connectivity index (χ1v) is 11.7. The Balaban J connectivity index is 1.31. The summed E-state index contributed by atoms with van der Waals surface area (Å²) in [5.74, 6) is -0.460. The summed E-state index contributed by atoms with van der Waals surface area (Å²) in [6.45, 7) is -0.0434. The van der Waals surface area contributed by atoms with Crippen LogP contribution in [-0.4, -0.2) is 12.0 Å². The highest BCUT2D eigenvalue weighted by Crippen LogP contribution is 2.25. The Bertz CT molecular complexity index is 1470. The third kappa shape index (κ3) is 7.36. The summed E-state index contributed by atoms with van der Waals surface area (Å²) < 4.78 is 16.1. The standard InChI is InChI=1S/C27H20Cl2N2O6/c28-22-10-9-20(12-23(22)29)31-27(34)30-19-8-4-7-18(11-19)26(33)37-15-21-13-24(32)25(16-35-21)36-14-17-5-2-1-3-6-17/h1-13,16H,14-15H2,(H2,30,31,34). The van der Waals surface area contributed by atoms with Gasteiger partial charge in [0.15, 0.2) is 0 Å². The van der Waals surface area contributed by atoms with E-state index in [1.165, 1.54) is 30.5 Å². The van der Waals surface area contributed by atoms with Gasteiger partial charge in [0.05, 0.1) is 15.6 Å². The van der Waals surface area contributed by atoms with E-state index in [4.69, 9.17) is 37.1 Å². The molecule has 8 nitrogen and oxygen atoms in total. The first kappa shape index (κ1) is 25.8. The Labute approximate surface area is 221 Å². The van der Waals surface area contributed by atoms with Crippen molar-refractivity contribution in [3.8, 4) is 5.75 Å². The fourth-order valence-electron chi connectivity index (χ4n) is 3.17. The zero-order valence-corrected chi connectivity index (χ0v) is 20.7. The van der Waals surface area contributed by atoms with E-state index in [-0.39, 0.29) is 30.3 Å². The molecule has 188 valence electrons. The fraction of sp³-hybridized carbons (Fsp3) is 0.0741. The third-order valence-corrected chi connectivity index (χ3v) is 5.71.